The first kappa shape index (κ1) is 14.1. The second-order valence-corrected chi connectivity index (χ2v) is 5.08. The highest BCUT2D eigenvalue weighted by Crippen LogP contribution is 2.24. The van der Waals surface area contributed by atoms with Crippen LogP contribution in [-0.4, -0.2) is 41.5 Å². The lowest BCUT2D eigenvalue weighted by atomic mass is 10.2. The lowest BCUT2D eigenvalue weighted by Crippen LogP contribution is -2.45. The second kappa shape index (κ2) is 6.26. The molecular weight excluding hydrogens is 292 g/mol. The Morgan fingerprint density at radius 1 is 1.52 bits per heavy atom. The summed E-state index contributed by atoms with van der Waals surface area (Å²) in [5.41, 5.74) is 1.39. The molecule has 0 bridgehead atoms. The summed E-state index contributed by atoms with van der Waals surface area (Å²) < 4.78 is 7.07. The number of amides is 1. The number of nitrogens with one attached hydrogen (secondary N) is 2. The molecule has 0 aliphatic carbocycles. The topological polar surface area (TPSA) is 68.2 Å². The molecule has 1 aliphatic heterocycles. The van der Waals surface area contributed by atoms with Crippen LogP contribution < -0.4 is 10.6 Å². The van der Waals surface area contributed by atoms with E-state index in [0.29, 0.717) is 23.9 Å². The molecule has 2 N–H and O–H groups in total. The van der Waals surface area contributed by atoms with Crippen LogP contribution in [0.4, 0.5) is 5.69 Å². The van der Waals surface area contributed by atoms with Crippen LogP contribution >= 0.6 is 11.6 Å². The minimum atomic E-state index is -0.469. The lowest BCUT2D eigenvalue weighted by molar-refractivity contribution is -0.128. The van der Waals surface area contributed by atoms with Gasteiger partial charge in [0.15, 0.2) is 0 Å². The number of benzene rings is 1. The van der Waals surface area contributed by atoms with Crippen molar-refractivity contribution in [3.8, 4) is 5.69 Å². The standard InChI is InChI=1S/C14H15ClN4O2/c15-11-8-10(2-3-12(11)19-6-1-4-17-19)18-14(20)13-9-16-5-7-21-13/h1-4,6,8,13,16H,5,7,9H2,(H,18,20). The molecule has 1 aromatic carbocycles. The minimum absolute atomic E-state index is 0.176. The van der Waals surface area contributed by atoms with Crippen molar-refractivity contribution >= 4 is 23.2 Å². The third kappa shape index (κ3) is 3.24. The summed E-state index contributed by atoms with van der Waals surface area (Å²) in [5.74, 6) is -0.176. The van der Waals surface area contributed by atoms with Gasteiger partial charge in [-0.3, -0.25) is 4.79 Å². The van der Waals surface area contributed by atoms with Crippen molar-refractivity contribution in [1.29, 1.82) is 0 Å². The quantitative estimate of drug-likeness (QED) is 0.901. The summed E-state index contributed by atoms with van der Waals surface area (Å²) in [7, 11) is 0. The number of carbonyl (C=O) groups excluding carboxylic acids is 1. The van der Waals surface area contributed by atoms with E-state index in [4.69, 9.17) is 16.3 Å². The number of rotatable bonds is 3. The number of halogens is 1. The monoisotopic (exact) mass is 306 g/mol. The van der Waals surface area contributed by atoms with Crippen molar-refractivity contribution in [1.82, 2.24) is 15.1 Å². The van der Waals surface area contributed by atoms with Crippen molar-refractivity contribution < 1.29 is 9.53 Å². The summed E-state index contributed by atoms with van der Waals surface area (Å²) in [4.78, 5) is 12.1. The molecule has 1 aliphatic rings. The van der Waals surface area contributed by atoms with Gasteiger partial charge in [0, 0.05) is 31.2 Å². The fourth-order valence-corrected chi connectivity index (χ4v) is 2.41. The SMILES string of the molecule is O=C(Nc1ccc(-n2cccn2)c(Cl)c1)C1CNCCO1. The number of hydrogen-bond acceptors (Lipinski definition) is 4. The van der Waals surface area contributed by atoms with Gasteiger partial charge in [-0.05, 0) is 24.3 Å². The molecule has 21 heavy (non-hydrogen) atoms. The van der Waals surface area contributed by atoms with Gasteiger partial charge in [0.1, 0.15) is 6.10 Å². The molecule has 6 nitrogen and oxygen atoms in total. The van der Waals surface area contributed by atoms with Crippen LogP contribution in [0.15, 0.2) is 36.7 Å². The van der Waals surface area contributed by atoms with Crippen molar-refractivity contribution in [2.75, 3.05) is 25.0 Å². The predicted octanol–water partition coefficient (Wildman–Crippen LogP) is 1.45. The van der Waals surface area contributed by atoms with E-state index >= 15 is 0 Å². The van der Waals surface area contributed by atoms with E-state index in [0.717, 1.165) is 12.2 Å². The summed E-state index contributed by atoms with van der Waals surface area (Å²) in [6.45, 7) is 1.83. The lowest BCUT2D eigenvalue weighted by Gasteiger charge is -2.22. The maximum atomic E-state index is 12.1. The van der Waals surface area contributed by atoms with E-state index in [-0.39, 0.29) is 5.91 Å². The van der Waals surface area contributed by atoms with E-state index in [9.17, 15) is 4.79 Å². The average molecular weight is 307 g/mol. The Hall–Kier alpha value is -1.89. The molecule has 0 saturated carbocycles. The maximum absolute atomic E-state index is 12.1. The fraction of sp³-hybridized carbons (Fsp3) is 0.286. The maximum Gasteiger partial charge on any atom is 0.254 e. The van der Waals surface area contributed by atoms with E-state index in [1.807, 2.05) is 12.1 Å². The van der Waals surface area contributed by atoms with Gasteiger partial charge in [-0.25, -0.2) is 4.68 Å². The molecule has 1 saturated heterocycles. The highest BCUT2D eigenvalue weighted by Gasteiger charge is 2.21. The molecule has 0 spiro atoms. The van der Waals surface area contributed by atoms with Crippen LogP contribution in [0, 0.1) is 0 Å². The molecule has 0 radical (unpaired) electrons. The Kier molecular flexibility index (Phi) is 4.19. The van der Waals surface area contributed by atoms with Crippen LogP contribution in [0.5, 0.6) is 0 Å². The van der Waals surface area contributed by atoms with Crippen LogP contribution in [-0.2, 0) is 9.53 Å². The number of carbonyl (C=O) groups is 1. The normalized spacial score (nSPS) is 18.4. The van der Waals surface area contributed by atoms with E-state index < -0.39 is 6.10 Å². The summed E-state index contributed by atoms with van der Waals surface area (Å²) in [5, 5.41) is 10.6. The van der Waals surface area contributed by atoms with Crippen molar-refractivity contribution in [2.45, 2.75) is 6.10 Å². The average Bonchev–Trinajstić information content (AvgIpc) is 3.02. The molecular formula is C14H15ClN4O2. The zero-order valence-corrected chi connectivity index (χ0v) is 12.0. The van der Waals surface area contributed by atoms with Gasteiger partial charge in [0.05, 0.1) is 17.3 Å². The molecule has 1 amide bonds. The zero-order chi connectivity index (χ0) is 14.7. The van der Waals surface area contributed by atoms with Crippen LogP contribution in [0.25, 0.3) is 5.69 Å². The van der Waals surface area contributed by atoms with E-state index in [2.05, 4.69) is 15.7 Å². The van der Waals surface area contributed by atoms with Gasteiger partial charge in [-0.2, -0.15) is 5.10 Å². The van der Waals surface area contributed by atoms with Gasteiger partial charge in [-0.1, -0.05) is 11.6 Å². The van der Waals surface area contributed by atoms with Gasteiger partial charge in [0.2, 0.25) is 0 Å². The Balaban J connectivity index is 1.72. The van der Waals surface area contributed by atoms with Gasteiger partial charge >= 0.3 is 0 Å². The molecule has 1 unspecified atom stereocenters. The first-order valence-corrected chi connectivity index (χ1v) is 7.04. The number of ether oxygens (including phenoxy) is 1. The minimum Gasteiger partial charge on any atom is -0.366 e. The first-order valence-electron chi connectivity index (χ1n) is 6.67. The number of hydrogen-bond donors (Lipinski definition) is 2. The molecule has 7 heteroatoms. The number of aromatic nitrogens is 2. The van der Waals surface area contributed by atoms with Gasteiger partial charge in [0.25, 0.3) is 5.91 Å². The summed E-state index contributed by atoms with van der Waals surface area (Å²) in [6, 6.07) is 7.12. The van der Waals surface area contributed by atoms with Crippen LogP contribution in [0.1, 0.15) is 0 Å². The van der Waals surface area contributed by atoms with Crippen LogP contribution in [0.2, 0.25) is 5.02 Å². The molecule has 3 rings (SSSR count). The Morgan fingerprint density at radius 3 is 3.10 bits per heavy atom. The molecule has 2 heterocycles. The summed E-state index contributed by atoms with van der Waals surface area (Å²) in [6.07, 6.45) is 3.02. The van der Waals surface area contributed by atoms with E-state index in [1.165, 1.54) is 0 Å². The molecule has 1 fully saturated rings. The molecule has 110 valence electrons. The largest absolute Gasteiger partial charge is 0.366 e. The number of morpholine rings is 1. The Morgan fingerprint density at radius 2 is 2.43 bits per heavy atom. The van der Waals surface area contributed by atoms with Crippen molar-refractivity contribution in [3.05, 3.63) is 41.7 Å². The van der Waals surface area contributed by atoms with E-state index in [1.54, 1.807) is 29.2 Å². The number of nitrogens with zero attached hydrogens (tertiary/aromatic N) is 2. The highest BCUT2D eigenvalue weighted by molar-refractivity contribution is 6.32. The Bertz CT molecular complexity index is 624. The van der Waals surface area contributed by atoms with Crippen molar-refractivity contribution in [2.24, 2.45) is 0 Å². The molecule has 1 aromatic heterocycles. The van der Waals surface area contributed by atoms with Gasteiger partial charge < -0.3 is 15.4 Å². The smallest absolute Gasteiger partial charge is 0.254 e. The summed E-state index contributed by atoms with van der Waals surface area (Å²) >= 11 is 6.23. The van der Waals surface area contributed by atoms with Crippen molar-refractivity contribution in [3.63, 3.8) is 0 Å². The number of anilines is 1. The van der Waals surface area contributed by atoms with Crippen LogP contribution in [0.3, 0.4) is 0 Å². The molecule has 1 atom stereocenters. The third-order valence-electron chi connectivity index (χ3n) is 3.19. The predicted molar refractivity (Wildman–Crippen MR) is 79.8 cm³/mol. The Labute approximate surface area is 127 Å². The first-order chi connectivity index (χ1) is 10.2. The van der Waals surface area contributed by atoms with Gasteiger partial charge in [-0.15, -0.1) is 0 Å². The highest BCUT2D eigenvalue weighted by atomic mass is 35.5. The fourth-order valence-electron chi connectivity index (χ4n) is 2.14. The molecule has 2 aromatic rings. The zero-order valence-electron chi connectivity index (χ0n) is 11.3. The second-order valence-electron chi connectivity index (χ2n) is 4.67. The third-order valence-corrected chi connectivity index (χ3v) is 3.49.